The molecule has 1 rings (SSSR count). The van der Waals surface area contributed by atoms with Gasteiger partial charge in [-0.1, -0.05) is 25.1 Å². The number of carbonyl (C=O) groups excluding carboxylic acids is 2. The van der Waals surface area contributed by atoms with Gasteiger partial charge in [-0.05, 0) is 25.1 Å². The molecule has 0 aliphatic heterocycles. The number of para-hydroxylation sites is 1. The van der Waals surface area contributed by atoms with Gasteiger partial charge in [0.2, 0.25) is 11.8 Å². The Morgan fingerprint density at radius 1 is 1.24 bits per heavy atom. The number of rotatable bonds is 7. The summed E-state index contributed by atoms with van der Waals surface area (Å²) in [5.41, 5.74) is 1.90. The van der Waals surface area contributed by atoms with Crippen molar-refractivity contribution in [1.82, 2.24) is 10.2 Å². The first kappa shape index (κ1) is 19.4. The number of nitrogens with one attached hydrogen (secondary N) is 2. The molecule has 0 heterocycles. The number of carbonyl (C=O) groups is 2. The van der Waals surface area contributed by atoms with E-state index in [0.29, 0.717) is 13.0 Å². The Morgan fingerprint density at radius 3 is 2.52 bits per heavy atom. The molecule has 0 aromatic heterocycles. The van der Waals surface area contributed by atoms with Gasteiger partial charge in [-0.15, -0.1) is 12.4 Å². The molecule has 1 aromatic rings. The lowest BCUT2D eigenvalue weighted by Crippen LogP contribution is -2.36. The third-order valence-corrected chi connectivity index (χ3v) is 3.07. The van der Waals surface area contributed by atoms with Crippen molar-refractivity contribution < 1.29 is 9.59 Å². The first-order valence-corrected chi connectivity index (χ1v) is 6.84. The Balaban J connectivity index is 0.00000400. The highest BCUT2D eigenvalue weighted by Crippen LogP contribution is 2.15. The second-order valence-electron chi connectivity index (χ2n) is 4.66. The minimum Gasteiger partial charge on any atom is -0.336 e. The van der Waals surface area contributed by atoms with Crippen molar-refractivity contribution in [2.24, 2.45) is 0 Å². The monoisotopic (exact) mass is 313 g/mol. The summed E-state index contributed by atoms with van der Waals surface area (Å²) < 4.78 is 0. The standard InChI is InChI=1S/C15H23N3O2.ClH/c1-4-12-7-5-6-8-13(12)17-14(19)11-18(3)15(20)9-10-16-2;/h5-8,16H,4,9-11H2,1-3H3,(H,17,19);1H. The molecule has 5 nitrogen and oxygen atoms in total. The molecular formula is C15H24ClN3O2. The second kappa shape index (κ2) is 10.2. The second-order valence-corrected chi connectivity index (χ2v) is 4.66. The van der Waals surface area contributed by atoms with Crippen molar-refractivity contribution in [3.63, 3.8) is 0 Å². The molecule has 0 saturated carbocycles. The van der Waals surface area contributed by atoms with E-state index in [1.165, 1.54) is 4.90 Å². The van der Waals surface area contributed by atoms with Crippen molar-refractivity contribution in [3.05, 3.63) is 29.8 Å². The van der Waals surface area contributed by atoms with Gasteiger partial charge >= 0.3 is 0 Å². The minimum atomic E-state index is -0.175. The molecule has 118 valence electrons. The van der Waals surface area contributed by atoms with Gasteiger partial charge < -0.3 is 15.5 Å². The molecule has 0 atom stereocenters. The molecule has 0 aliphatic carbocycles. The fourth-order valence-corrected chi connectivity index (χ4v) is 1.87. The third-order valence-electron chi connectivity index (χ3n) is 3.07. The summed E-state index contributed by atoms with van der Waals surface area (Å²) in [6, 6.07) is 7.69. The number of hydrogen-bond acceptors (Lipinski definition) is 3. The largest absolute Gasteiger partial charge is 0.336 e. The average molecular weight is 314 g/mol. The molecular weight excluding hydrogens is 290 g/mol. The molecule has 0 unspecified atom stereocenters. The SMILES string of the molecule is CCc1ccccc1NC(=O)CN(C)C(=O)CCNC.Cl. The van der Waals surface area contributed by atoms with Gasteiger partial charge in [0.1, 0.15) is 0 Å². The van der Waals surface area contributed by atoms with Crippen LogP contribution in [0.15, 0.2) is 24.3 Å². The molecule has 0 spiro atoms. The Hall–Kier alpha value is -1.59. The Kier molecular flexibility index (Phi) is 9.41. The molecule has 0 aliphatic rings. The molecule has 21 heavy (non-hydrogen) atoms. The van der Waals surface area contributed by atoms with E-state index < -0.39 is 0 Å². The molecule has 0 fully saturated rings. The van der Waals surface area contributed by atoms with Gasteiger partial charge in [0, 0.05) is 25.7 Å². The molecule has 0 saturated heterocycles. The molecule has 2 amide bonds. The maximum atomic E-state index is 11.9. The summed E-state index contributed by atoms with van der Waals surface area (Å²) in [5, 5.41) is 5.77. The summed E-state index contributed by atoms with van der Waals surface area (Å²) in [6.45, 7) is 2.72. The maximum Gasteiger partial charge on any atom is 0.243 e. The predicted octanol–water partition coefficient (Wildman–Crippen LogP) is 1.68. The average Bonchev–Trinajstić information content (AvgIpc) is 2.45. The molecule has 0 radical (unpaired) electrons. The van der Waals surface area contributed by atoms with Crippen molar-refractivity contribution >= 4 is 29.9 Å². The first-order valence-electron chi connectivity index (χ1n) is 6.84. The summed E-state index contributed by atoms with van der Waals surface area (Å²) >= 11 is 0. The number of halogens is 1. The zero-order valence-corrected chi connectivity index (χ0v) is 13.6. The van der Waals surface area contributed by atoms with Crippen molar-refractivity contribution in [3.8, 4) is 0 Å². The van der Waals surface area contributed by atoms with E-state index in [1.54, 1.807) is 14.1 Å². The Labute approximate surface area is 132 Å². The number of amides is 2. The summed E-state index contributed by atoms with van der Waals surface area (Å²) in [5.74, 6) is -0.218. The number of nitrogens with zero attached hydrogens (tertiary/aromatic N) is 1. The van der Waals surface area contributed by atoms with Crippen LogP contribution < -0.4 is 10.6 Å². The fourth-order valence-electron chi connectivity index (χ4n) is 1.87. The van der Waals surface area contributed by atoms with Crippen LogP contribution in [0, 0.1) is 0 Å². The lowest BCUT2D eigenvalue weighted by molar-refractivity contribution is -0.133. The van der Waals surface area contributed by atoms with Crippen LogP contribution in [0.25, 0.3) is 0 Å². The normalized spacial score (nSPS) is 9.67. The van der Waals surface area contributed by atoms with Gasteiger partial charge in [-0.25, -0.2) is 0 Å². The van der Waals surface area contributed by atoms with E-state index in [2.05, 4.69) is 10.6 Å². The fraction of sp³-hybridized carbons (Fsp3) is 0.467. The molecule has 1 aromatic carbocycles. The Morgan fingerprint density at radius 2 is 1.90 bits per heavy atom. The van der Waals surface area contributed by atoms with Crippen molar-refractivity contribution in [2.75, 3.05) is 32.5 Å². The summed E-state index contributed by atoms with van der Waals surface area (Å²) in [4.78, 5) is 25.1. The minimum absolute atomic E-state index is 0. The van der Waals surface area contributed by atoms with E-state index in [4.69, 9.17) is 0 Å². The van der Waals surface area contributed by atoms with E-state index in [1.807, 2.05) is 31.2 Å². The van der Waals surface area contributed by atoms with Gasteiger partial charge in [0.05, 0.1) is 6.54 Å². The molecule has 2 N–H and O–H groups in total. The van der Waals surface area contributed by atoms with Crippen LogP contribution in [0.1, 0.15) is 18.9 Å². The van der Waals surface area contributed by atoms with E-state index >= 15 is 0 Å². The quantitative estimate of drug-likeness (QED) is 0.805. The lowest BCUT2D eigenvalue weighted by Gasteiger charge is -2.17. The van der Waals surface area contributed by atoms with Crippen molar-refractivity contribution in [1.29, 1.82) is 0 Å². The van der Waals surface area contributed by atoms with Gasteiger partial charge in [-0.3, -0.25) is 9.59 Å². The highest BCUT2D eigenvalue weighted by atomic mass is 35.5. The van der Waals surface area contributed by atoms with Crippen LogP contribution in [-0.2, 0) is 16.0 Å². The zero-order chi connectivity index (χ0) is 15.0. The highest BCUT2D eigenvalue weighted by molar-refractivity contribution is 5.95. The van der Waals surface area contributed by atoms with Crippen LogP contribution in [0.4, 0.5) is 5.69 Å². The molecule has 6 heteroatoms. The van der Waals surface area contributed by atoms with E-state index in [9.17, 15) is 9.59 Å². The molecule has 0 bridgehead atoms. The van der Waals surface area contributed by atoms with Crippen LogP contribution in [0.3, 0.4) is 0 Å². The van der Waals surface area contributed by atoms with Crippen LogP contribution >= 0.6 is 12.4 Å². The number of hydrogen-bond donors (Lipinski definition) is 2. The maximum absolute atomic E-state index is 11.9. The van der Waals surface area contributed by atoms with Crippen molar-refractivity contribution in [2.45, 2.75) is 19.8 Å². The summed E-state index contributed by atoms with van der Waals surface area (Å²) in [7, 11) is 3.44. The number of aryl methyl sites for hydroxylation is 1. The third kappa shape index (κ3) is 6.60. The zero-order valence-electron chi connectivity index (χ0n) is 12.8. The summed E-state index contributed by atoms with van der Waals surface area (Å²) in [6.07, 6.45) is 1.25. The predicted molar refractivity (Wildman–Crippen MR) is 87.9 cm³/mol. The van der Waals surface area contributed by atoms with Crippen LogP contribution in [-0.4, -0.2) is 43.9 Å². The van der Waals surface area contributed by atoms with Gasteiger partial charge in [-0.2, -0.15) is 0 Å². The van der Waals surface area contributed by atoms with E-state index in [-0.39, 0.29) is 30.8 Å². The van der Waals surface area contributed by atoms with Gasteiger partial charge in [0.25, 0.3) is 0 Å². The number of anilines is 1. The van der Waals surface area contributed by atoms with E-state index in [0.717, 1.165) is 17.7 Å². The smallest absolute Gasteiger partial charge is 0.243 e. The highest BCUT2D eigenvalue weighted by Gasteiger charge is 2.13. The van der Waals surface area contributed by atoms with Gasteiger partial charge in [0.15, 0.2) is 0 Å². The lowest BCUT2D eigenvalue weighted by atomic mass is 10.1. The van der Waals surface area contributed by atoms with Crippen LogP contribution in [0.2, 0.25) is 0 Å². The number of likely N-dealkylation sites (N-methyl/N-ethyl adjacent to an activating group) is 1. The number of benzene rings is 1. The first-order chi connectivity index (χ1) is 9.58. The Bertz CT molecular complexity index is 466. The van der Waals surface area contributed by atoms with Crippen LogP contribution in [0.5, 0.6) is 0 Å². The topological polar surface area (TPSA) is 61.4 Å².